The summed E-state index contributed by atoms with van der Waals surface area (Å²) in [6.45, 7) is 3.77. The van der Waals surface area contributed by atoms with Gasteiger partial charge < -0.3 is 10.0 Å². The minimum Gasteiger partial charge on any atom is -0.388 e. The Morgan fingerprint density at radius 1 is 1.24 bits per heavy atom. The lowest BCUT2D eigenvalue weighted by atomic mass is 10.0. The molecular formula is C18H20ClNO. The number of hydrogen-bond donors (Lipinski definition) is 1. The van der Waals surface area contributed by atoms with Gasteiger partial charge in [0.25, 0.3) is 0 Å². The number of halogens is 1. The van der Waals surface area contributed by atoms with Gasteiger partial charge in [0.15, 0.2) is 0 Å². The number of fused-ring (bicyclic) bond motifs is 1. The molecule has 0 saturated carbocycles. The molecule has 0 bridgehead atoms. The van der Waals surface area contributed by atoms with Crippen molar-refractivity contribution < 1.29 is 5.11 Å². The first kappa shape index (κ1) is 14.4. The lowest BCUT2D eigenvalue weighted by Crippen LogP contribution is -2.23. The van der Waals surface area contributed by atoms with E-state index in [4.69, 9.17) is 11.6 Å². The van der Waals surface area contributed by atoms with Crippen LogP contribution in [-0.2, 0) is 6.54 Å². The van der Waals surface area contributed by atoms with E-state index < -0.39 is 0 Å². The van der Waals surface area contributed by atoms with Crippen molar-refractivity contribution in [2.24, 2.45) is 0 Å². The van der Waals surface area contributed by atoms with E-state index in [1.165, 1.54) is 5.56 Å². The number of aliphatic hydroxyl groups is 1. The zero-order valence-corrected chi connectivity index (χ0v) is 13.0. The fourth-order valence-electron chi connectivity index (χ4n) is 2.96. The normalized spacial score (nSPS) is 18.2. The zero-order chi connectivity index (χ0) is 14.8. The van der Waals surface area contributed by atoms with E-state index in [2.05, 4.69) is 23.1 Å². The minimum atomic E-state index is -0.361. The number of para-hydroxylation sites is 1. The molecule has 0 saturated heterocycles. The highest BCUT2D eigenvalue weighted by atomic mass is 35.5. The molecule has 1 unspecified atom stereocenters. The molecule has 1 atom stereocenters. The molecule has 1 aliphatic rings. The van der Waals surface area contributed by atoms with Crippen molar-refractivity contribution in [2.45, 2.75) is 32.4 Å². The van der Waals surface area contributed by atoms with Gasteiger partial charge in [-0.2, -0.15) is 0 Å². The minimum absolute atomic E-state index is 0.361. The summed E-state index contributed by atoms with van der Waals surface area (Å²) in [5, 5.41) is 11.1. The molecular weight excluding hydrogens is 282 g/mol. The number of aliphatic hydroxyl groups excluding tert-OH is 1. The van der Waals surface area contributed by atoms with Crippen LogP contribution in [0.25, 0.3) is 0 Å². The molecule has 2 aromatic rings. The second-order valence-electron chi connectivity index (χ2n) is 5.73. The Kier molecular flexibility index (Phi) is 4.18. The molecule has 3 heteroatoms. The van der Waals surface area contributed by atoms with Crippen LogP contribution < -0.4 is 4.90 Å². The monoisotopic (exact) mass is 301 g/mol. The SMILES string of the molecule is Cc1ccc(CN2CCCC(O)c3ccccc32)c(Cl)c1. The van der Waals surface area contributed by atoms with Crippen molar-refractivity contribution in [1.29, 1.82) is 0 Å². The Hall–Kier alpha value is -1.51. The molecule has 2 aromatic carbocycles. The van der Waals surface area contributed by atoms with Crippen LogP contribution in [0, 0.1) is 6.92 Å². The quantitative estimate of drug-likeness (QED) is 0.884. The van der Waals surface area contributed by atoms with E-state index in [1.54, 1.807) is 0 Å². The smallest absolute Gasteiger partial charge is 0.0810 e. The van der Waals surface area contributed by atoms with Crippen LogP contribution in [0.2, 0.25) is 5.02 Å². The Morgan fingerprint density at radius 3 is 2.86 bits per heavy atom. The standard InChI is InChI=1S/C18H20ClNO/c1-13-8-9-14(16(19)11-13)12-20-10-4-7-18(21)15-5-2-3-6-17(15)20/h2-3,5-6,8-9,11,18,21H,4,7,10,12H2,1H3. The van der Waals surface area contributed by atoms with Gasteiger partial charge in [-0.15, -0.1) is 0 Å². The summed E-state index contributed by atoms with van der Waals surface area (Å²) in [4.78, 5) is 2.32. The largest absolute Gasteiger partial charge is 0.388 e. The highest BCUT2D eigenvalue weighted by molar-refractivity contribution is 6.31. The molecule has 0 radical (unpaired) electrons. The van der Waals surface area contributed by atoms with E-state index in [0.717, 1.165) is 47.8 Å². The van der Waals surface area contributed by atoms with Crippen molar-refractivity contribution in [1.82, 2.24) is 0 Å². The first-order valence-corrected chi connectivity index (χ1v) is 7.80. The maximum atomic E-state index is 10.3. The Morgan fingerprint density at radius 2 is 2.05 bits per heavy atom. The fraction of sp³-hybridized carbons (Fsp3) is 0.333. The van der Waals surface area contributed by atoms with Gasteiger partial charge >= 0.3 is 0 Å². The zero-order valence-electron chi connectivity index (χ0n) is 12.2. The van der Waals surface area contributed by atoms with Gasteiger partial charge in [0.1, 0.15) is 0 Å². The van der Waals surface area contributed by atoms with Gasteiger partial charge in [0.2, 0.25) is 0 Å². The van der Waals surface area contributed by atoms with Gasteiger partial charge in [0, 0.05) is 29.4 Å². The van der Waals surface area contributed by atoms with Crippen LogP contribution in [0.15, 0.2) is 42.5 Å². The Labute approximate surface area is 131 Å². The lowest BCUT2D eigenvalue weighted by molar-refractivity contribution is 0.168. The van der Waals surface area contributed by atoms with Gasteiger partial charge in [0.05, 0.1) is 6.10 Å². The highest BCUT2D eigenvalue weighted by Crippen LogP contribution is 2.34. The summed E-state index contributed by atoms with van der Waals surface area (Å²) in [7, 11) is 0. The van der Waals surface area contributed by atoms with Crippen LogP contribution >= 0.6 is 11.6 Å². The molecule has 1 aliphatic heterocycles. The third-order valence-electron chi connectivity index (χ3n) is 4.11. The predicted molar refractivity (Wildman–Crippen MR) is 87.9 cm³/mol. The highest BCUT2D eigenvalue weighted by Gasteiger charge is 2.21. The first-order valence-electron chi connectivity index (χ1n) is 7.42. The number of aryl methyl sites for hydroxylation is 1. The summed E-state index contributed by atoms with van der Waals surface area (Å²) in [6.07, 6.45) is 1.44. The fourth-order valence-corrected chi connectivity index (χ4v) is 3.25. The third-order valence-corrected chi connectivity index (χ3v) is 4.46. The molecule has 0 amide bonds. The number of nitrogens with zero attached hydrogens (tertiary/aromatic N) is 1. The number of rotatable bonds is 2. The summed E-state index contributed by atoms with van der Waals surface area (Å²) in [6, 6.07) is 14.3. The van der Waals surface area contributed by atoms with Crippen molar-refractivity contribution in [3.63, 3.8) is 0 Å². The van der Waals surface area contributed by atoms with Gasteiger partial charge in [-0.25, -0.2) is 0 Å². The maximum absolute atomic E-state index is 10.3. The molecule has 0 spiro atoms. The Bertz CT molecular complexity index is 641. The van der Waals surface area contributed by atoms with E-state index in [-0.39, 0.29) is 6.10 Å². The molecule has 0 fully saturated rings. The molecule has 1 heterocycles. The van der Waals surface area contributed by atoms with E-state index in [0.29, 0.717) is 0 Å². The molecule has 2 nitrogen and oxygen atoms in total. The van der Waals surface area contributed by atoms with Crippen molar-refractivity contribution in [3.8, 4) is 0 Å². The van der Waals surface area contributed by atoms with Crippen LogP contribution in [0.3, 0.4) is 0 Å². The maximum Gasteiger partial charge on any atom is 0.0810 e. The average Bonchev–Trinajstić information content (AvgIpc) is 2.63. The first-order chi connectivity index (χ1) is 10.1. The number of anilines is 1. The van der Waals surface area contributed by atoms with Crippen molar-refractivity contribution in [2.75, 3.05) is 11.4 Å². The summed E-state index contributed by atoms with van der Waals surface area (Å²) in [5.74, 6) is 0. The Balaban J connectivity index is 1.93. The topological polar surface area (TPSA) is 23.5 Å². The van der Waals surface area contributed by atoms with E-state index in [1.807, 2.05) is 31.2 Å². The second-order valence-corrected chi connectivity index (χ2v) is 6.14. The van der Waals surface area contributed by atoms with Gasteiger partial charge in [-0.1, -0.05) is 41.9 Å². The predicted octanol–water partition coefficient (Wildman–Crippen LogP) is 4.48. The average molecular weight is 302 g/mol. The van der Waals surface area contributed by atoms with Crippen LogP contribution in [-0.4, -0.2) is 11.7 Å². The summed E-state index contributed by atoms with van der Waals surface area (Å²) >= 11 is 6.37. The van der Waals surface area contributed by atoms with Crippen LogP contribution in [0.1, 0.15) is 35.6 Å². The van der Waals surface area contributed by atoms with E-state index >= 15 is 0 Å². The number of benzene rings is 2. The van der Waals surface area contributed by atoms with E-state index in [9.17, 15) is 5.11 Å². The molecule has 110 valence electrons. The van der Waals surface area contributed by atoms with Crippen molar-refractivity contribution in [3.05, 3.63) is 64.2 Å². The lowest BCUT2D eigenvalue weighted by Gasteiger charge is -2.26. The molecule has 3 rings (SSSR count). The van der Waals surface area contributed by atoms with Crippen LogP contribution in [0.5, 0.6) is 0 Å². The molecule has 1 N–H and O–H groups in total. The summed E-state index contributed by atoms with van der Waals surface area (Å²) < 4.78 is 0. The van der Waals surface area contributed by atoms with Gasteiger partial charge in [-0.05, 0) is 43.0 Å². The molecule has 0 aromatic heterocycles. The third kappa shape index (κ3) is 3.07. The number of hydrogen-bond acceptors (Lipinski definition) is 2. The molecule has 0 aliphatic carbocycles. The summed E-state index contributed by atoms with van der Waals surface area (Å²) in [5.41, 5.74) is 4.46. The van der Waals surface area contributed by atoms with Crippen molar-refractivity contribution >= 4 is 17.3 Å². The molecule has 21 heavy (non-hydrogen) atoms. The second kappa shape index (κ2) is 6.08. The van der Waals surface area contributed by atoms with Gasteiger partial charge in [-0.3, -0.25) is 0 Å². The van der Waals surface area contributed by atoms with Crippen LogP contribution in [0.4, 0.5) is 5.69 Å².